The van der Waals surface area contributed by atoms with E-state index in [9.17, 15) is 31.7 Å². The van der Waals surface area contributed by atoms with Gasteiger partial charge in [0.15, 0.2) is 5.78 Å². The zero-order valence-corrected chi connectivity index (χ0v) is 14.6. The van der Waals surface area contributed by atoms with Gasteiger partial charge in [0.2, 0.25) is 0 Å². The minimum absolute atomic E-state index is 0.000000000000000222. The van der Waals surface area contributed by atoms with Crippen LogP contribution in [0.3, 0.4) is 0 Å². The van der Waals surface area contributed by atoms with Crippen molar-refractivity contribution in [2.45, 2.75) is 6.92 Å². The molecule has 126 valence electrons. The Kier molecular flexibility index (Phi) is 9.46. The maximum absolute atomic E-state index is 10.8. The summed E-state index contributed by atoms with van der Waals surface area (Å²) in [5.74, 6) is -0.0927. The Labute approximate surface area is 130 Å². The van der Waals surface area contributed by atoms with E-state index in [0.29, 0.717) is 5.56 Å². The Morgan fingerprint density at radius 1 is 0.909 bits per heavy atom. The first-order chi connectivity index (χ1) is 9.61. The number of Topliss-reactive ketones (excluding diaryl/α,β-unsaturated/α-hetero) is 1. The van der Waals surface area contributed by atoms with Crippen LogP contribution >= 0.6 is 0 Å². The van der Waals surface area contributed by atoms with Crippen molar-refractivity contribution >= 4 is 31.1 Å². The maximum atomic E-state index is 10.8. The molecule has 0 atom stereocenters. The summed E-state index contributed by atoms with van der Waals surface area (Å²) in [5.41, 5.74) is 0.487. The number of non-ortho nitro benzene ring substituents is 1. The van der Waals surface area contributed by atoms with Crippen LogP contribution in [0.15, 0.2) is 24.3 Å². The standard InChI is InChI=1S/C8H7NO3.2C2H6O2S/c1-6(10)7-2-4-8(5-3-7)9(11)12;2*1-5(2,3)4/h2-5H,1H3;2*1-2H3. The average Bonchev–Trinajstić information content (AvgIpc) is 2.24. The van der Waals surface area contributed by atoms with Gasteiger partial charge >= 0.3 is 0 Å². The predicted molar refractivity (Wildman–Crippen MR) is 84.6 cm³/mol. The van der Waals surface area contributed by atoms with Gasteiger partial charge in [0.05, 0.1) is 4.92 Å². The topological polar surface area (TPSA) is 128 Å². The molecule has 0 saturated carbocycles. The van der Waals surface area contributed by atoms with Crippen LogP contribution in [-0.2, 0) is 19.7 Å². The third-order valence-electron chi connectivity index (χ3n) is 1.48. The Hall–Kier alpha value is -1.81. The second-order valence-corrected chi connectivity index (χ2v) is 9.22. The largest absolute Gasteiger partial charge is 0.295 e. The first-order valence-corrected chi connectivity index (χ1v) is 10.3. The van der Waals surface area contributed by atoms with Crippen molar-refractivity contribution in [1.82, 2.24) is 0 Å². The minimum Gasteiger partial charge on any atom is -0.295 e. The number of nitro benzene ring substituents is 1. The molecule has 0 radical (unpaired) electrons. The van der Waals surface area contributed by atoms with Crippen molar-refractivity contribution < 1.29 is 26.6 Å². The van der Waals surface area contributed by atoms with Gasteiger partial charge < -0.3 is 0 Å². The molecule has 1 rings (SSSR count). The smallest absolute Gasteiger partial charge is 0.269 e. The van der Waals surface area contributed by atoms with Gasteiger partial charge in [0, 0.05) is 42.7 Å². The third kappa shape index (κ3) is 20.5. The SMILES string of the molecule is CC(=O)c1ccc([N+](=O)[O-])cc1.CS(C)(=O)=O.CS(C)(=O)=O. The van der Waals surface area contributed by atoms with Crippen molar-refractivity contribution in [3.63, 3.8) is 0 Å². The summed E-state index contributed by atoms with van der Waals surface area (Å²) in [5, 5.41) is 10.2. The third-order valence-corrected chi connectivity index (χ3v) is 1.48. The number of rotatable bonds is 2. The van der Waals surface area contributed by atoms with Crippen molar-refractivity contribution in [3.05, 3.63) is 39.9 Å². The van der Waals surface area contributed by atoms with E-state index in [-0.39, 0.29) is 11.5 Å². The molecule has 8 nitrogen and oxygen atoms in total. The van der Waals surface area contributed by atoms with Crippen molar-refractivity contribution in [2.24, 2.45) is 0 Å². The number of carbonyl (C=O) groups is 1. The molecular weight excluding hydrogens is 334 g/mol. The molecule has 1 aromatic carbocycles. The lowest BCUT2D eigenvalue weighted by atomic mass is 10.1. The van der Waals surface area contributed by atoms with Gasteiger partial charge in [-0.05, 0) is 19.1 Å². The first-order valence-electron chi connectivity index (χ1n) is 5.66. The highest BCUT2D eigenvalue weighted by Crippen LogP contribution is 2.11. The number of ketones is 1. The molecule has 0 aromatic heterocycles. The van der Waals surface area contributed by atoms with Crippen LogP contribution < -0.4 is 0 Å². The fourth-order valence-corrected chi connectivity index (χ4v) is 0.818. The molecule has 0 heterocycles. The molecule has 0 spiro atoms. The molecule has 10 heteroatoms. The molecule has 0 aliphatic rings. The van der Waals surface area contributed by atoms with E-state index < -0.39 is 24.6 Å². The van der Waals surface area contributed by atoms with E-state index in [2.05, 4.69) is 0 Å². The van der Waals surface area contributed by atoms with Crippen LogP contribution in [-0.4, -0.2) is 52.6 Å². The van der Waals surface area contributed by atoms with Crippen LogP contribution in [0.4, 0.5) is 5.69 Å². The fraction of sp³-hybridized carbons (Fsp3) is 0.417. The van der Waals surface area contributed by atoms with Gasteiger partial charge in [-0.25, -0.2) is 16.8 Å². The molecule has 1 aromatic rings. The van der Waals surface area contributed by atoms with Gasteiger partial charge in [0.1, 0.15) is 19.7 Å². The van der Waals surface area contributed by atoms with E-state index in [1.807, 2.05) is 0 Å². The van der Waals surface area contributed by atoms with Gasteiger partial charge in [-0.3, -0.25) is 14.9 Å². The van der Waals surface area contributed by atoms with E-state index in [4.69, 9.17) is 0 Å². The lowest BCUT2D eigenvalue weighted by Gasteiger charge is -1.93. The summed E-state index contributed by atoms with van der Waals surface area (Å²) in [7, 11) is -5.33. The van der Waals surface area contributed by atoms with E-state index in [0.717, 1.165) is 25.0 Å². The van der Waals surface area contributed by atoms with Crippen LogP contribution in [0.1, 0.15) is 17.3 Å². The average molecular weight is 353 g/mol. The number of nitro groups is 1. The van der Waals surface area contributed by atoms with Crippen LogP contribution in [0.2, 0.25) is 0 Å². The number of carbonyl (C=O) groups excluding carboxylic acids is 1. The van der Waals surface area contributed by atoms with Crippen molar-refractivity contribution in [1.29, 1.82) is 0 Å². The van der Waals surface area contributed by atoms with Gasteiger partial charge in [0.25, 0.3) is 5.69 Å². The van der Waals surface area contributed by atoms with Crippen LogP contribution in [0, 0.1) is 10.1 Å². The number of sulfone groups is 2. The summed E-state index contributed by atoms with van der Waals surface area (Å²) in [4.78, 5) is 20.5. The molecule has 0 N–H and O–H groups in total. The van der Waals surface area contributed by atoms with Gasteiger partial charge in [-0.2, -0.15) is 0 Å². The molecule has 0 aliphatic heterocycles. The second-order valence-electron chi connectivity index (χ2n) is 4.65. The Balaban J connectivity index is 0. The summed E-state index contributed by atoms with van der Waals surface area (Å²) in [6.07, 6.45) is 4.64. The summed E-state index contributed by atoms with van der Waals surface area (Å²) in [6, 6.07) is 5.52. The molecule has 22 heavy (non-hydrogen) atoms. The molecular formula is C12H19NO7S2. The predicted octanol–water partition coefficient (Wildman–Crippen LogP) is 1.12. The maximum Gasteiger partial charge on any atom is 0.269 e. The number of hydrogen-bond acceptors (Lipinski definition) is 7. The summed E-state index contributed by atoms with van der Waals surface area (Å²) in [6.45, 7) is 1.42. The zero-order chi connectivity index (χ0) is 18.1. The van der Waals surface area contributed by atoms with E-state index in [1.54, 1.807) is 0 Å². The number of nitrogens with zero attached hydrogens (tertiary/aromatic N) is 1. The molecule has 0 unspecified atom stereocenters. The highest BCUT2D eigenvalue weighted by molar-refractivity contribution is 7.90. The summed E-state index contributed by atoms with van der Waals surface area (Å²) >= 11 is 0. The molecule has 0 saturated heterocycles. The molecule has 0 amide bonds. The van der Waals surface area contributed by atoms with Crippen LogP contribution in [0.25, 0.3) is 0 Å². The van der Waals surface area contributed by atoms with Crippen molar-refractivity contribution in [2.75, 3.05) is 25.0 Å². The highest BCUT2D eigenvalue weighted by Gasteiger charge is 2.05. The Morgan fingerprint density at radius 2 is 1.18 bits per heavy atom. The quantitative estimate of drug-likeness (QED) is 0.442. The Morgan fingerprint density at radius 3 is 1.36 bits per heavy atom. The molecule has 0 fully saturated rings. The van der Waals surface area contributed by atoms with E-state index in [1.165, 1.54) is 31.2 Å². The zero-order valence-electron chi connectivity index (χ0n) is 12.9. The summed E-state index contributed by atoms with van der Waals surface area (Å²) < 4.78 is 38.5. The second kappa shape index (κ2) is 9.26. The highest BCUT2D eigenvalue weighted by atomic mass is 32.2. The number of hydrogen-bond donors (Lipinski definition) is 0. The molecule has 0 aliphatic carbocycles. The lowest BCUT2D eigenvalue weighted by molar-refractivity contribution is -0.384. The molecule has 0 bridgehead atoms. The van der Waals surface area contributed by atoms with Crippen LogP contribution in [0.5, 0.6) is 0 Å². The van der Waals surface area contributed by atoms with Gasteiger partial charge in [-0.1, -0.05) is 0 Å². The minimum atomic E-state index is -2.67. The normalized spacial score (nSPS) is 10.4. The number of benzene rings is 1. The Bertz CT molecular complexity index is 625. The van der Waals surface area contributed by atoms with Crippen molar-refractivity contribution in [3.8, 4) is 0 Å². The lowest BCUT2D eigenvalue weighted by Crippen LogP contribution is -1.92. The monoisotopic (exact) mass is 353 g/mol. The van der Waals surface area contributed by atoms with Gasteiger partial charge in [-0.15, -0.1) is 0 Å². The fourth-order valence-electron chi connectivity index (χ4n) is 0.818. The first kappa shape index (κ1) is 22.5. The van der Waals surface area contributed by atoms with E-state index >= 15 is 0 Å².